The maximum absolute atomic E-state index is 12.0. The molecule has 0 aliphatic carbocycles. The molecule has 1 amide bonds. The molecule has 112 valence electrons. The predicted molar refractivity (Wildman–Crippen MR) is 80.7 cm³/mol. The molecule has 2 rings (SSSR count). The second-order valence-electron chi connectivity index (χ2n) is 6.42. The molecule has 2 saturated heterocycles. The molecule has 0 saturated carbocycles. The van der Waals surface area contributed by atoms with Crippen LogP contribution in [0.2, 0.25) is 0 Å². The van der Waals surface area contributed by atoms with Crippen LogP contribution in [0.4, 0.5) is 0 Å². The molecule has 4 nitrogen and oxygen atoms in total. The van der Waals surface area contributed by atoms with Crippen LogP contribution in [0.25, 0.3) is 0 Å². The Hall–Kier alpha value is -0.320. The molecule has 2 fully saturated rings. The highest BCUT2D eigenvalue weighted by atomic mass is 35.5. The number of nitrogens with zero attached hydrogens (tertiary/aromatic N) is 1. The van der Waals surface area contributed by atoms with E-state index in [-0.39, 0.29) is 23.9 Å². The summed E-state index contributed by atoms with van der Waals surface area (Å²) in [6, 6.07) is 0.705. The smallest absolute Gasteiger partial charge is 0.234 e. The van der Waals surface area contributed by atoms with E-state index < -0.39 is 0 Å². The number of carbonyl (C=O) groups is 1. The van der Waals surface area contributed by atoms with Crippen molar-refractivity contribution in [3.05, 3.63) is 0 Å². The van der Waals surface area contributed by atoms with Gasteiger partial charge in [-0.1, -0.05) is 6.92 Å². The fourth-order valence-corrected chi connectivity index (χ4v) is 2.97. The Kier molecular flexibility index (Phi) is 6.09. The van der Waals surface area contributed by atoms with Crippen LogP contribution in [0.5, 0.6) is 0 Å². The van der Waals surface area contributed by atoms with E-state index in [2.05, 4.69) is 36.3 Å². The number of piperidine rings is 1. The molecule has 2 aliphatic heterocycles. The summed E-state index contributed by atoms with van der Waals surface area (Å²) in [5.41, 5.74) is -0.0790. The molecule has 2 heterocycles. The van der Waals surface area contributed by atoms with Gasteiger partial charge >= 0.3 is 0 Å². The molecular formula is C14H28ClN3O. The van der Waals surface area contributed by atoms with Gasteiger partial charge < -0.3 is 10.6 Å². The number of halogens is 1. The molecule has 0 aromatic rings. The minimum absolute atomic E-state index is 0. The minimum Gasteiger partial charge on any atom is -0.350 e. The van der Waals surface area contributed by atoms with Crippen molar-refractivity contribution in [2.24, 2.45) is 5.92 Å². The van der Waals surface area contributed by atoms with Crippen LogP contribution < -0.4 is 10.6 Å². The van der Waals surface area contributed by atoms with E-state index in [4.69, 9.17) is 0 Å². The van der Waals surface area contributed by atoms with Crippen LogP contribution in [0.15, 0.2) is 0 Å². The number of fused-ring (bicyclic) bond motifs is 1. The van der Waals surface area contributed by atoms with Crippen LogP contribution in [0.3, 0.4) is 0 Å². The molecule has 0 aromatic carbocycles. The third-order valence-electron chi connectivity index (χ3n) is 4.47. The Balaban J connectivity index is 0.00000180. The van der Waals surface area contributed by atoms with Crippen LogP contribution in [-0.2, 0) is 4.79 Å². The fourth-order valence-electron chi connectivity index (χ4n) is 2.97. The number of nitrogens with one attached hydrogen (secondary N) is 2. The minimum atomic E-state index is -0.0790. The van der Waals surface area contributed by atoms with Crippen LogP contribution in [-0.4, -0.2) is 48.6 Å². The maximum Gasteiger partial charge on any atom is 0.234 e. The van der Waals surface area contributed by atoms with Gasteiger partial charge in [0.25, 0.3) is 0 Å². The summed E-state index contributed by atoms with van der Waals surface area (Å²) in [6.07, 6.45) is 3.42. The van der Waals surface area contributed by atoms with Crippen molar-refractivity contribution in [3.8, 4) is 0 Å². The molecule has 2 aliphatic rings. The average molecular weight is 290 g/mol. The van der Waals surface area contributed by atoms with E-state index in [1.807, 2.05) is 0 Å². The molecule has 2 N–H and O–H groups in total. The summed E-state index contributed by atoms with van der Waals surface area (Å²) < 4.78 is 0. The highest BCUT2D eigenvalue weighted by molar-refractivity contribution is 5.85. The lowest BCUT2D eigenvalue weighted by Crippen LogP contribution is -2.51. The molecule has 0 aromatic heterocycles. The first kappa shape index (κ1) is 16.7. The predicted octanol–water partition coefficient (Wildman–Crippen LogP) is 1.40. The first-order valence-corrected chi connectivity index (χ1v) is 7.27. The van der Waals surface area contributed by atoms with Crippen molar-refractivity contribution in [2.45, 2.75) is 51.6 Å². The van der Waals surface area contributed by atoms with Crippen molar-refractivity contribution in [1.29, 1.82) is 0 Å². The molecule has 5 heteroatoms. The number of amides is 1. The Morgan fingerprint density at radius 1 is 1.42 bits per heavy atom. The molecule has 0 radical (unpaired) electrons. The number of rotatable bonds is 4. The topological polar surface area (TPSA) is 44.4 Å². The van der Waals surface area contributed by atoms with Gasteiger partial charge in [-0.15, -0.1) is 12.4 Å². The zero-order valence-corrected chi connectivity index (χ0v) is 13.2. The summed E-state index contributed by atoms with van der Waals surface area (Å²) in [5, 5.41) is 6.67. The van der Waals surface area contributed by atoms with Crippen LogP contribution >= 0.6 is 12.4 Å². The van der Waals surface area contributed by atoms with E-state index in [0.29, 0.717) is 12.6 Å². The third kappa shape index (κ3) is 4.62. The van der Waals surface area contributed by atoms with Crippen molar-refractivity contribution in [2.75, 3.05) is 26.2 Å². The first-order valence-electron chi connectivity index (χ1n) is 7.27. The number of likely N-dealkylation sites (tertiary alicyclic amines) is 1. The van der Waals surface area contributed by atoms with Gasteiger partial charge in [0.05, 0.1) is 6.54 Å². The Morgan fingerprint density at radius 2 is 2.16 bits per heavy atom. The van der Waals surface area contributed by atoms with E-state index in [9.17, 15) is 4.79 Å². The normalized spacial score (nSPS) is 27.5. The van der Waals surface area contributed by atoms with Gasteiger partial charge in [-0.2, -0.15) is 0 Å². The Bertz CT molecular complexity index is 309. The van der Waals surface area contributed by atoms with Gasteiger partial charge in [0, 0.05) is 24.7 Å². The van der Waals surface area contributed by atoms with Crippen molar-refractivity contribution >= 4 is 18.3 Å². The largest absolute Gasteiger partial charge is 0.350 e. The highest BCUT2D eigenvalue weighted by Crippen LogP contribution is 2.24. The summed E-state index contributed by atoms with van der Waals surface area (Å²) in [7, 11) is 0. The van der Waals surface area contributed by atoms with Crippen LogP contribution in [0, 0.1) is 5.92 Å². The second-order valence-corrected chi connectivity index (χ2v) is 6.42. The lowest BCUT2D eigenvalue weighted by atomic mass is 9.93. The molecule has 19 heavy (non-hydrogen) atoms. The standard InChI is InChI=1S/C14H27N3O.ClH/c1-4-14(2,3)16-13(18)10-17-8-6-12-11(9-17)5-7-15-12;/h11-12,15H,4-10H2,1-3H3,(H,16,18);1H. The lowest BCUT2D eigenvalue weighted by Gasteiger charge is -2.35. The average Bonchev–Trinajstić information content (AvgIpc) is 2.75. The molecule has 2 unspecified atom stereocenters. The number of hydrogen-bond acceptors (Lipinski definition) is 3. The zero-order chi connectivity index (χ0) is 13.2. The van der Waals surface area contributed by atoms with Gasteiger partial charge in [0.15, 0.2) is 0 Å². The van der Waals surface area contributed by atoms with Gasteiger partial charge in [0.1, 0.15) is 0 Å². The number of hydrogen-bond donors (Lipinski definition) is 2. The van der Waals surface area contributed by atoms with E-state index in [1.165, 1.54) is 12.8 Å². The van der Waals surface area contributed by atoms with Gasteiger partial charge in [-0.25, -0.2) is 0 Å². The summed E-state index contributed by atoms with van der Waals surface area (Å²) in [6.45, 7) is 10.1. The van der Waals surface area contributed by atoms with Crippen molar-refractivity contribution in [1.82, 2.24) is 15.5 Å². The van der Waals surface area contributed by atoms with Gasteiger partial charge in [-0.3, -0.25) is 9.69 Å². The summed E-state index contributed by atoms with van der Waals surface area (Å²) >= 11 is 0. The van der Waals surface area contributed by atoms with E-state index in [0.717, 1.165) is 32.0 Å². The highest BCUT2D eigenvalue weighted by Gasteiger charge is 2.33. The maximum atomic E-state index is 12.0. The molecule has 2 atom stereocenters. The molecule has 0 spiro atoms. The van der Waals surface area contributed by atoms with Gasteiger partial charge in [-0.05, 0) is 45.6 Å². The third-order valence-corrected chi connectivity index (χ3v) is 4.47. The second kappa shape index (κ2) is 6.91. The Morgan fingerprint density at radius 3 is 2.84 bits per heavy atom. The Labute approximate surface area is 123 Å². The zero-order valence-electron chi connectivity index (χ0n) is 12.4. The SMILES string of the molecule is CCC(C)(C)NC(=O)CN1CCC2NCCC2C1.Cl. The molecule has 0 bridgehead atoms. The molecular weight excluding hydrogens is 262 g/mol. The summed E-state index contributed by atoms with van der Waals surface area (Å²) in [4.78, 5) is 14.3. The summed E-state index contributed by atoms with van der Waals surface area (Å²) in [5.74, 6) is 0.928. The first-order chi connectivity index (χ1) is 8.50. The fraction of sp³-hybridized carbons (Fsp3) is 0.929. The van der Waals surface area contributed by atoms with Crippen molar-refractivity contribution < 1.29 is 4.79 Å². The van der Waals surface area contributed by atoms with E-state index in [1.54, 1.807) is 0 Å². The monoisotopic (exact) mass is 289 g/mol. The quantitative estimate of drug-likeness (QED) is 0.822. The van der Waals surface area contributed by atoms with Crippen molar-refractivity contribution in [3.63, 3.8) is 0 Å². The lowest BCUT2D eigenvalue weighted by molar-refractivity contribution is -0.124. The van der Waals surface area contributed by atoms with E-state index >= 15 is 0 Å². The van der Waals surface area contributed by atoms with Gasteiger partial charge in [0.2, 0.25) is 5.91 Å². The number of carbonyl (C=O) groups excluding carboxylic acids is 1. The van der Waals surface area contributed by atoms with Crippen LogP contribution in [0.1, 0.15) is 40.0 Å².